The molecule has 0 bridgehead atoms. The summed E-state index contributed by atoms with van der Waals surface area (Å²) in [5, 5.41) is 0. The second kappa shape index (κ2) is 1.24. The highest BCUT2D eigenvalue weighted by Crippen LogP contribution is 2.51. The molecule has 1 atom stereocenters. The lowest BCUT2D eigenvalue weighted by Gasteiger charge is -1.95. The van der Waals surface area contributed by atoms with Gasteiger partial charge in [-0.15, -0.1) is 0 Å². The molecule has 0 aromatic carbocycles. The summed E-state index contributed by atoms with van der Waals surface area (Å²) in [5.74, 6) is 0.924. The fraction of sp³-hybridized carbons (Fsp3) is 0.857. The zero-order chi connectivity index (χ0) is 5.49. The third kappa shape index (κ3) is 0.793. The highest BCUT2D eigenvalue weighted by molar-refractivity contribution is 5.12. The molecule has 1 radical (unpaired) electrons. The van der Waals surface area contributed by atoms with Crippen molar-refractivity contribution in [2.75, 3.05) is 0 Å². The summed E-state index contributed by atoms with van der Waals surface area (Å²) in [7, 11) is 0. The molecule has 0 aromatic heterocycles. The van der Waals surface area contributed by atoms with Gasteiger partial charge in [0.25, 0.3) is 0 Å². The van der Waals surface area contributed by atoms with Crippen molar-refractivity contribution < 1.29 is 0 Å². The van der Waals surface area contributed by atoms with Crippen LogP contribution in [0, 0.1) is 17.8 Å². The van der Waals surface area contributed by atoms with E-state index < -0.39 is 0 Å². The van der Waals surface area contributed by atoms with E-state index in [0.29, 0.717) is 5.41 Å². The fourth-order valence-corrected chi connectivity index (χ4v) is 1.11. The first-order valence-corrected chi connectivity index (χ1v) is 3.03. The highest BCUT2D eigenvalue weighted by Gasteiger charge is 2.43. The van der Waals surface area contributed by atoms with Gasteiger partial charge < -0.3 is 0 Å². The lowest BCUT2D eigenvalue weighted by molar-refractivity contribution is 0.553. The topological polar surface area (TPSA) is 0 Å². The quantitative estimate of drug-likeness (QED) is 0.470. The molecular weight excluding hydrogens is 84.1 g/mol. The Morgan fingerprint density at radius 2 is 2.00 bits per heavy atom. The third-order valence-electron chi connectivity index (χ3n) is 1.92. The zero-order valence-corrected chi connectivity index (χ0v) is 5.36. The van der Waals surface area contributed by atoms with Crippen LogP contribution in [0.15, 0.2) is 0 Å². The third-order valence-corrected chi connectivity index (χ3v) is 1.92. The Kier molecular flexibility index (Phi) is 0.911. The summed E-state index contributed by atoms with van der Waals surface area (Å²) in [6.07, 6.45) is 3.74. The Morgan fingerprint density at radius 1 is 1.57 bits per heavy atom. The summed E-state index contributed by atoms with van der Waals surface area (Å²) in [4.78, 5) is 0. The largest absolute Gasteiger partial charge is 0.0651 e. The van der Waals surface area contributed by atoms with Gasteiger partial charge in [0.2, 0.25) is 0 Å². The molecule has 1 aliphatic rings. The predicted octanol–water partition coefficient (Wildman–Crippen LogP) is 2.26. The first-order chi connectivity index (χ1) is 3.17. The van der Waals surface area contributed by atoms with Crippen LogP contribution >= 0.6 is 0 Å². The first-order valence-electron chi connectivity index (χ1n) is 3.03. The van der Waals surface area contributed by atoms with Crippen LogP contribution in [0.4, 0.5) is 0 Å². The van der Waals surface area contributed by atoms with E-state index in [1.54, 1.807) is 0 Å². The van der Waals surface area contributed by atoms with E-state index in [1.165, 1.54) is 6.42 Å². The SMILES string of the molecule is CCC1[CH]C1(C)C. The van der Waals surface area contributed by atoms with Crippen LogP contribution in [0.5, 0.6) is 0 Å². The Labute approximate surface area is 45.9 Å². The van der Waals surface area contributed by atoms with E-state index in [-0.39, 0.29) is 0 Å². The fourth-order valence-electron chi connectivity index (χ4n) is 1.11. The lowest BCUT2D eigenvalue weighted by atomic mass is 10.1. The minimum absolute atomic E-state index is 0.592. The first kappa shape index (κ1) is 5.14. The second-order valence-electron chi connectivity index (χ2n) is 3.00. The van der Waals surface area contributed by atoms with Crippen molar-refractivity contribution in [1.29, 1.82) is 0 Å². The summed E-state index contributed by atoms with van der Waals surface area (Å²) >= 11 is 0. The Hall–Kier alpha value is 0. The van der Waals surface area contributed by atoms with Crippen molar-refractivity contribution in [3.05, 3.63) is 6.42 Å². The molecule has 0 heterocycles. The van der Waals surface area contributed by atoms with Crippen molar-refractivity contribution in [2.45, 2.75) is 27.2 Å². The van der Waals surface area contributed by atoms with Gasteiger partial charge in [0, 0.05) is 0 Å². The normalized spacial score (nSPS) is 35.6. The Balaban J connectivity index is 2.30. The standard InChI is InChI=1S/C7H13/c1-4-6-5-7(6,2)3/h5-6H,4H2,1-3H3. The second-order valence-corrected chi connectivity index (χ2v) is 3.00. The molecule has 0 aliphatic heterocycles. The van der Waals surface area contributed by atoms with E-state index in [1.807, 2.05) is 0 Å². The molecule has 1 aliphatic carbocycles. The smallest absolute Gasteiger partial charge is 0.0289 e. The van der Waals surface area contributed by atoms with Gasteiger partial charge in [-0.25, -0.2) is 0 Å². The van der Waals surface area contributed by atoms with Crippen LogP contribution in [-0.4, -0.2) is 0 Å². The van der Waals surface area contributed by atoms with Crippen LogP contribution in [0.3, 0.4) is 0 Å². The maximum Gasteiger partial charge on any atom is -0.0289 e. The maximum atomic E-state index is 2.41. The van der Waals surface area contributed by atoms with E-state index in [2.05, 4.69) is 27.2 Å². The predicted molar refractivity (Wildman–Crippen MR) is 31.9 cm³/mol. The van der Waals surface area contributed by atoms with Crippen LogP contribution in [0.25, 0.3) is 0 Å². The van der Waals surface area contributed by atoms with Crippen molar-refractivity contribution in [3.63, 3.8) is 0 Å². The van der Waals surface area contributed by atoms with Gasteiger partial charge in [0.15, 0.2) is 0 Å². The van der Waals surface area contributed by atoms with E-state index in [9.17, 15) is 0 Å². The van der Waals surface area contributed by atoms with Gasteiger partial charge in [0.05, 0.1) is 0 Å². The van der Waals surface area contributed by atoms with E-state index in [0.717, 1.165) is 5.92 Å². The molecule has 1 fully saturated rings. The number of rotatable bonds is 1. The molecular formula is C7H13. The van der Waals surface area contributed by atoms with Gasteiger partial charge in [0.1, 0.15) is 0 Å². The lowest BCUT2D eigenvalue weighted by Crippen LogP contribution is -1.86. The Morgan fingerprint density at radius 3 is 2.00 bits per heavy atom. The van der Waals surface area contributed by atoms with Crippen molar-refractivity contribution >= 4 is 0 Å². The number of hydrogen-bond donors (Lipinski definition) is 0. The van der Waals surface area contributed by atoms with Crippen LogP contribution in [0.2, 0.25) is 0 Å². The minimum atomic E-state index is 0.592. The molecule has 0 nitrogen and oxygen atoms in total. The molecule has 7 heavy (non-hydrogen) atoms. The van der Waals surface area contributed by atoms with Gasteiger partial charge >= 0.3 is 0 Å². The average Bonchev–Trinajstić information content (AvgIpc) is 2.13. The minimum Gasteiger partial charge on any atom is -0.0651 e. The molecule has 1 unspecified atom stereocenters. The molecule has 0 amide bonds. The van der Waals surface area contributed by atoms with Crippen LogP contribution in [-0.2, 0) is 0 Å². The van der Waals surface area contributed by atoms with Gasteiger partial charge in [-0.2, -0.15) is 0 Å². The summed E-state index contributed by atoms with van der Waals surface area (Å²) < 4.78 is 0. The summed E-state index contributed by atoms with van der Waals surface area (Å²) in [6, 6.07) is 0. The molecule has 1 saturated carbocycles. The van der Waals surface area contributed by atoms with E-state index >= 15 is 0 Å². The van der Waals surface area contributed by atoms with Crippen LogP contribution in [0.1, 0.15) is 27.2 Å². The van der Waals surface area contributed by atoms with E-state index in [4.69, 9.17) is 0 Å². The molecule has 0 heteroatoms. The van der Waals surface area contributed by atoms with Gasteiger partial charge in [-0.1, -0.05) is 27.2 Å². The van der Waals surface area contributed by atoms with Gasteiger partial charge in [-0.05, 0) is 17.8 Å². The molecule has 1 rings (SSSR count). The average molecular weight is 97.2 g/mol. The van der Waals surface area contributed by atoms with Crippen molar-refractivity contribution in [3.8, 4) is 0 Å². The Bertz CT molecular complexity index is 72.1. The molecule has 0 spiro atoms. The maximum absolute atomic E-state index is 2.41. The van der Waals surface area contributed by atoms with Crippen LogP contribution < -0.4 is 0 Å². The molecule has 0 N–H and O–H groups in total. The summed E-state index contributed by atoms with van der Waals surface area (Å²) in [5.41, 5.74) is 0.592. The van der Waals surface area contributed by atoms with Gasteiger partial charge in [-0.3, -0.25) is 0 Å². The molecule has 0 saturated heterocycles. The van der Waals surface area contributed by atoms with Crippen molar-refractivity contribution in [2.24, 2.45) is 11.3 Å². The summed E-state index contributed by atoms with van der Waals surface area (Å²) in [6.45, 7) is 6.83. The number of hydrogen-bond acceptors (Lipinski definition) is 0. The highest BCUT2D eigenvalue weighted by atomic mass is 14.5. The van der Waals surface area contributed by atoms with Crippen molar-refractivity contribution in [1.82, 2.24) is 0 Å². The zero-order valence-electron chi connectivity index (χ0n) is 5.36. The molecule has 41 valence electrons. The monoisotopic (exact) mass is 97.1 g/mol. The molecule has 0 aromatic rings.